The van der Waals surface area contributed by atoms with Crippen LogP contribution in [0.15, 0.2) is 24.3 Å². The molecule has 2 aromatic rings. The Balaban J connectivity index is 1.67. The van der Waals surface area contributed by atoms with Crippen molar-refractivity contribution in [2.75, 3.05) is 13.1 Å². The van der Waals surface area contributed by atoms with E-state index >= 15 is 0 Å². The summed E-state index contributed by atoms with van der Waals surface area (Å²) in [5, 5.41) is 7.27. The van der Waals surface area contributed by atoms with Crippen molar-refractivity contribution in [3.8, 4) is 0 Å². The zero-order chi connectivity index (χ0) is 16.2. The van der Waals surface area contributed by atoms with Crippen LogP contribution in [0.1, 0.15) is 38.8 Å². The Hall–Kier alpha value is -1.79. The average molecular weight is 333 g/mol. The summed E-state index contributed by atoms with van der Waals surface area (Å²) in [5.74, 6) is -0.275. The fourth-order valence-corrected chi connectivity index (χ4v) is 3.73. The van der Waals surface area contributed by atoms with E-state index in [1.54, 1.807) is 12.1 Å². The predicted octanol–water partition coefficient (Wildman–Crippen LogP) is 2.66. The highest BCUT2D eigenvalue weighted by Crippen LogP contribution is 2.21. The molecule has 0 saturated carbocycles. The molecule has 122 valence electrons. The lowest BCUT2D eigenvalue weighted by Gasteiger charge is -2.23. The number of nitrogens with zero attached hydrogens (tertiary/aromatic N) is 1. The smallest absolute Gasteiger partial charge is 0.263 e. The Bertz CT molecular complexity index is 678. The second-order valence-electron chi connectivity index (χ2n) is 5.82. The highest BCUT2D eigenvalue weighted by Gasteiger charge is 2.20. The SMILES string of the molecule is Cc1nc(Cc2ccc(F)cc2)sc1C(=O)NC1CCNCC1. The molecule has 0 spiro atoms. The number of piperidine rings is 1. The number of amides is 1. The molecule has 1 aromatic heterocycles. The Morgan fingerprint density at radius 3 is 2.74 bits per heavy atom. The Morgan fingerprint density at radius 2 is 2.04 bits per heavy atom. The van der Waals surface area contributed by atoms with Crippen molar-refractivity contribution >= 4 is 17.2 Å². The van der Waals surface area contributed by atoms with Gasteiger partial charge >= 0.3 is 0 Å². The summed E-state index contributed by atoms with van der Waals surface area (Å²) >= 11 is 1.42. The van der Waals surface area contributed by atoms with Crippen LogP contribution in [0, 0.1) is 12.7 Å². The molecule has 1 aromatic carbocycles. The zero-order valence-corrected chi connectivity index (χ0v) is 13.9. The fourth-order valence-electron chi connectivity index (χ4n) is 2.73. The van der Waals surface area contributed by atoms with E-state index in [-0.39, 0.29) is 17.8 Å². The van der Waals surface area contributed by atoms with E-state index in [1.165, 1.54) is 23.5 Å². The van der Waals surface area contributed by atoms with Crippen molar-refractivity contribution in [2.45, 2.75) is 32.2 Å². The van der Waals surface area contributed by atoms with Crippen LogP contribution in [0.5, 0.6) is 0 Å². The average Bonchev–Trinajstić information content (AvgIpc) is 2.91. The van der Waals surface area contributed by atoms with Gasteiger partial charge < -0.3 is 10.6 Å². The van der Waals surface area contributed by atoms with E-state index in [1.807, 2.05) is 6.92 Å². The van der Waals surface area contributed by atoms with Gasteiger partial charge in [-0.25, -0.2) is 9.37 Å². The third-order valence-corrected chi connectivity index (χ3v) is 5.15. The number of hydrogen-bond donors (Lipinski definition) is 2. The number of nitrogens with one attached hydrogen (secondary N) is 2. The predicted molar refractivity (Wildman–Crippen MR) is 89.4 cm³/mol. The van der Waals surface area contributed by atoms with Gasteiger partial charge in [0, 0.05) is 12.5 Å². The third kappa shape index (κ3) is 4.14. The number of hydrogen-bond acceptors (Lipinski definition) is 4. The van der Waals surface area contributed by atoms with E-state index in [0.717, 1.165) is 42.2 Å². The van der Waals surface area contributed by atoms with Crippen molar-refractivity contribution in [1.82, 2.24) is 15.6 Å². The third-order valence-electron chi connectivity index (χ3n) is 3.99. The van der Waals surface area contributed by atoms with Crippen molar-refractivity contribution in [1.29, 1.82) is 0 Å². The van der Waals surface area contributed by atoms with Gasteiger partial charge in [0.2, 0.25) is 0 Å². The van der Waals surface area contributed by atoms with Gasteiger partial charge in [0.1, 0.15) is 10.7 Å². The van der Waals surface area contributed by atoms with Crippen LogP contribution in [0.25, 0.3) is 0 Å². The van der Waals surface area contributed by atoms with E-state index in [9.17, 15) is 9.18 Å². The summed E-state index contributed by atoms with van der Waals surface area (Å²) in [4.78, 5) is 17.6. The van der Waals surface area contributed by atoms with Gasteiger partial charge in [-0.3, -0.25) is 4.79 Å². The van der Waals surface area contributed by atoms with Crippen LogP contribution in [-0.2, 0) is 6.42 Å². The van der Waals surface area contributed by atoms with E-state index < -0.39 is 0 Å². The van der Waals surface area contributed by atoms with E-state index in [2.05, 4.69) is 15.6 Å². The first-order valence-corrected chi connectivity index (χ1v) is 8.66. The number of carbonyl (C=O) groups excluding carboxylic acids is 1. The number of rotatable bonds is 4. The molecule has 3 rings (SSSR count). The van der Waals surface area contributed by atoms with Gasteiger partial charge in [-0.2, -0.15) is 0 Å². The summed E-state index contributed by atoms with van der Waals surface area (Å²) in [6.45, 7) is 3.76. The molecule has 1 amide bonds. The Kier molecular flexibility index (Phi) is 5.03. The quantitative estimate of drug-likeness (QED) is 0.904. The second-order valence-corrected chi connectivity index (χ2v) is 6.91. The summed E-state index contributed by atoms with van der Waals surface area (Å²) in [6.07, 6.45) is 2.55. The zero-order valence-electron chi connectivity index (χ0n) is 13.1. The number of benzene rings is 1. The van der Waals surface area contributed by atoms with Crippen LogP contribution >= 0.6 is 11.3 Å². The van der Waals surface area contributed by atoms with Crippen LogP contribution in [0.4, 0.5) is 4.39 Å². The minimum atomic E-state index is -0.244. The van der Waals surface area contributed by atoms with Crippen LogP contribution < -0.4 is 10.6 Å². The molecule has 1 saturated heterocycles. The highest BCUT2D eigenvalue weighted by atomic mass is 32.1. The highest BCUT2D eigenvalue weighted by molar-refractivity contribution is 7.13. The maximum atomic E-state index is 13.0. The summed E-state index contributed by atoms with van der Waals surface area (Å²) in [5.41, 5.74) is 1.75. The van der Waals surface area contributed by atoms with Gasteiger partial charge in [-0.05, 0) is 50.6 Å². The van der Waals surface area contributed by atoms with E-state index in [0.29, 0.717) is 11.3 Å². The molecule has 6 heteroatoms. The normalized spacial score (nSPS) is 15.6. The first-order chi connectivity index (χ1) is 11.1. The minimum Gasteiger partial charge on any atom is -0.348 e. The molecule has 23 heavy (non-hydrogen) atoms. The van der Waals surface area contributed by atoms with E-state index in [4.69, 9.17) is 0 Å². The lowest BCUT2D eigenvalue weighted by atomic mass is 10.1. The lowest BCUT2D eigenvalue weighted by Crippen LogP contribution is -2.42. The number of thiazole rings is 1. The summed E-state index contributed by atoms with van der Waals surface area (Å²) in [6, 6.07) is 6.63. The number of halogens is 1. The molecule has 0 atom stereocenters. The topological polar surface area (TPSA) is 54.0 Å². The number of aromatic nitrogens is 1. The molecule has 0 radical (unpaired) electrons. The van der Waals surface area contributed by atoms with Gasteiger partial charge in [0.25, 0.3) is 5.91 Å². The summed E-state index contributed by atoms with van der Waals surface area (Å²) < 4.78 is 13.0. The van der Waals surface area contributed by atoms with Crippen molar-refractivity contribution in [3.05, 3.63) is 51.2 Å². The molecule has 1 fully saturated rings. The molecule has 4 nitrogen and oxygen atoms in total. The first kappa shape index (κ1) is 16.1. The lowest BCUT2D eigenvalue weighted by molar-refractivity contribution is 0.0933. The molecule has 1 aliphatic rings. The minimum absolute atomic E-state index is 0.0303. The second kappa shape index (κ2) is 7.19. The monoisotopic (exact) mass is 333 g/mol. The molecule has 0 aliphatic carbocycles. The van der Waals surface area contributed by atoms with Crippen LogP contribution in [-0.4, -0.2) is 30.0 Å². The molecular formula is C17H20FN3OS. The van der Waals surface area contributed by atoms with Crippen molar-refractivity contribution in [3.63, 3.8) is 0 Å². The molecular weight excluding hydrogens is 313 g/mol. The van der Waals surface area contributed by atoms with Crippen molar-refractivity contribution < 1.29 is 9.18 Å². The maximum absolute atomic E-state index is 13.0. The molecule has 2 heterocycles. The number of carbonyl (C=O) groups is 1. The first-order valence-electron chi connectivity index (χ1n) is 7.84. The van der Waals surface area contributed by atoms with Gasteiger partial charge in [-0.15, -0.1) is 11.3 Å². The fraction of sp³-hybridized carbons (Fsp3) is 0.412. The number of aryl methyl sites for hydroxylation is 1. The largest absolute Gasteiger partial charge is 0.348 e. The molecule has 2 N–H and O–H groups in total. The summed E-state index contributed by atoms with van der Waals surface area (Å²) in [7, 11) is 0. The van der Waals surface area contributed by atoms with Crippen LogP contribution in [0.2, 0.25) is 0 Å². The van der Waals surface area contributed by atoms with Crippen LogP contribution in [0.3, 0.4) is 0 Å². The Morgan fingerprint density at radius 1 is 1.35 bits per heavy atom. The Labute approximate surface area is 139 Å². The standard InChI is InChI=1S/C17H20FN3OS/c1-11-16(17(22)21-14-6-8-19-9-7-14)23-15(20-11)10-12-2-4-13(18)5-3-12/h2-5,14,19H,6-10H2,1H3,(H,21,22). The van der Waals surface area contributed by atoms with Gasteiger partial charge in [-0.1, -0.05) is 12.1 Å². The van der Waals surface area contributed by atoms with Gasteiger partial charge in [0.05, 0.1) is 10.7 Å². The molecule has 0 bridgehead atoms. The molecule has 1 aliphatic heterocycles. The van der Waals surface area contributed by atoms with Crippen molar-refractivity contribution in [2.24, 2.45) is 0 Å². The maximum Gasteiger partial charge on any atom is 0.263 e. The van der Waals surface area contributed by atoms with Gasteiger partial charge in [0.15, 0.2) is 0 Å². The molecule has 0 unspecified atom stereocenters.